The van der Waals surface area contributed by atoms with E-state index in [1.807, 2.05) is 24.3 Å². The summed E-state index contributed by atoms with van der Waals surface area (Å²) in [5.74, 6) is 0.805. The minimum Gasteiger partial charge on any atom is -0.497 e. The average molecular weight is 316 g/mol. The molecule has 0 atom stereocenters. The number of anilines is 2. The number of nitrogens with zero attached hydrogens (tertiary/aromatic N) is 2. The molecule has 3 aromatic rings. The molecular weight excluding hydrogens is 306 g/mol. The Balaban J connectivity index is 1.91. The molecule has 1 aromatic heterocycles. The second-order valence-electron chi connectivity index (χ2n) is 4.28. The van der Waals surface area contributed by atoms with Gasteiger partial charge in [0.1, 0.15) is 11.8 Å². The summed E-state index contributed by atoms with van der Waals surface area (Å²) in [4.78, 5) is 4.50. The number of rotatable bonds is 3. The van der Waals surface area contributed by atoms with Crippen molar-refractivity contribution in [2.45, 2.75) is 0 Å². The number of fused-ring (bicyclic) bond motifs is 1. The second kappa shape index (κ2) is 5.60. The van der Waals surface area contributed by atoms with Crippen molar-refractivity contribution in [3.05, 3.63) is 47.0 Å². The number of hydrogen-bond acceptors (Lipinski definition) is 5. The van der Waals surface area contributed by atoms with Crippen molar-refractivity contribution in [2.24, 2.45) is 0 Å². The monoisotopic (exact) mass is 315 g/mol. The number of benzene rings is 2. The molecule has 6 heteroatoms. The summed E-state index contributed by atoms with van der Waals surface area (Å²) >= 11 is 7.55. The molecule has 0 saturated heterocycles. The molecule has 0 aliphatic rings. The first kappa shape index (κ1) is 13.7. The second-order valence-corrected chi connectivity index (χ2v) is 5.72. The van der Waals surface area contributed by atoms with Gasteiger partial charge in [0.2, 0.25) is 0 Å². The fourth-order valence-corrected chi connectivity index (χ4v) is 3.03. The fourth-order valence-electron chi connectivity index (χ4n) is 1.89. The molecule has 2 aromatic carbocycles. The maximum absolute atomic E-state index is 8.87. The molecule has 0 amide bonds. The van der Waals surface area contributed by atoms with Crippen LogP contribution < -0.4 is 10.1 Å². The summed E-state index contributed by atoms with van der Waals surface area (Å²) in [7, 11) is 1.64. The van der Waals surface area contributed by atoms with Crippen LogP contribution in [0, 0.1) is 11.3 Å². The Labute approximate surface area is 130 Å². The number of thiazole rings is 1. The van der Waals surface area contributed by atoms with Crippen molar-refractivity contribution < 1.29 is 4.74 Å². The summed E-state index contributed by atoms with van der Waals surface area (Å²) in [6, 6.07) is 13.0. The lowest BCUT2D eigenvalue weighted by molar-refractivity contribution is 0.415. The van der Waals surface area contributed by atoms with Crippen LogP contribution in [0.3, 0.4) is 0 Å². The van der Waals surface area contributed by atoms with E-state index in [1.54, 1.807) is 25.3 Å². The highest BCUT2D eigenvalue weighted by molar-refractivity contribution is 7.22. The molecule has 4 nitrogen and oxygen atoms in total. The van der Waals surface area contributed by atoms with E-state index in [9.17, 15) is 0 Å². The summed E-state index contributed by atoms with van der Waals surface area (Å²) in [6.45, 7) is 0. The van der Waals surface area contributed by atoms with E-state index < -0.39 is 0 Å². The van der Waals surface area contributed by atoms with Gasteiger partial charge >= 0.3 is 0 Å². The van der Waals surface area contributed by atoms with E-state index in [0.717, 1.165) is 26.8 Å². The largest absolute Gasteiger partial charge is 0.497 e. The van der Waals surface area contributed by atoms with Gasteiger partial charge < -0.3 is 10.1 Å². The smallest absolute Gasteiger partial charge is 0.188 e. The Morgan fingerprint density at radius 2 is 2.14 bits per heavy atom. The van der Waals surface area contributed by atoms with Gasteiger partial charge in [-0.2, -0.15) is 5.26 Å². The fraction of sp³-hybridized carbons (Fsp3) is 0.0667. The predicted molar refractivity (Wildman–Crippen MR) is 85.6 cm³/mol. The molecule has 1 N–H and O–H groups in total. The first-order valence-electron chi connectivity index (χ1n) is 6.11. The van der Waals surface area contributed by atoms with E-state index >= 15 is 0 Å². The van der Waals surface area contributed by atoms with Crippen LogP contribution in [0.15, 0.2) is 36.4 Å². The van der Waals surface area contributed by atoms with Gasteiger partial charge in [0.05, 0.1) is 27.9 Å². The maximum atomic E-state index is 8.87. The lowest BCUT2D eigenvalue weighted by Crippen LogP contribution is -1.89. The average Bonchev–Trinajstić information content (AvgIpc) is 2.88. The molecule has 3 rings (SSSR count). The molecular formula is C15H10ClN3OS. The summed E-state index contributed by atoms with van der Waals surface area (Å²) in [6.07, 6.45) is 0. The van der Waals surface area contributed by atoms with Gasteiger partial charge in [0.25, 0.3) is 0 Å². The lowest BCUT2D eigenvalue weighted by atomic mass is 10.2. The molecule has 1 heterocycles. The third-order valence-electron chi connectivity index (χ3n) is 2.94. The minimum atomic E-state index is 0.422. The van der Waals surface area contributed by atoms with E-state index in [-0.39, 0.29) is 0 Å². The Morgan fingerprint density at radius 1 is 1.29 bits per heavy atom. The van der Waals surface area contributed by atoms with Gasteiger partial charge in [-0.05, 0) is 36.4 Å². The van der Waals surface area contributed by atoms with Crippen LogP contribution in [0.1, 0.15) is 5.56 Å². The number of aromatic nitrogens is 1. The number of halogens is 1. The zero-order chi connectivity index (χ0) is 14.8. The molecule has 0 bridgehead atoms. The molecule has 0 aliphatic heterocycles. The molecule has 21 heavy (non-hydrogen) atoms. The summed E-state index contributed by atoms with van der Waals surface area (Å²) < 4.78 is 6.24. The zero-order valence-electron chi connectivity index (χ0n) is 11.1. The normalized spacial score (nSPS) is 10.3. The highest BCUT2D eigenvalue weighted by Gasteiger charge is 2.07. The predicted octanol–water partition coefficient (Wildman–Crippen LogP) is 4.57. The SMILES string of the molecule is COc1ccc2nc(Nc3ccc(C#N)c(Cl)c3)sc2c1. The van der Waals surface area contributed by atoms with Gasteiger partial charge in [-0.15, -0.1) is 0 Å². The molecule has 0 radical (unpaired) electrons. The van der Waals surface area contributed by atoms with Crippen LogP contribution in [0.25, 0.3) is 10.2 Å². The van der Waals surface area contributed by atoms with Crippen LogP contribution in [0.5, 0.6) is 5.75 Å². The van der Waals surface area contributed by atoms with Crippen molar-refractivity contribution in [2.75, 3.05) is 12.4 Å². The van der Waals surface area contributed by atoms with Crippen LogP contribution in [0.4, 0.5) is 10.8 Å². The number of nitrogens with one attached hydrogen (secondary N) is 1. The minimum absolute atomic E-state index is 0.422. The number of ether oxygens (including phenoxy) is 1. The van der Waals surface area contributed by atoms with Gasteiger partial charge in [0, 0.05) is 5.69 Å². The maximum Gasteiger partial charge on any atom is 0.188 e. The van der Waals surface area contributed by atoms with E-state index in [1.165, 1.54) is 11.3 Å². The van der Waals surface area contributed by atoms with Crippen molar-refractivity contribution in [1.29, 1.82) is 5.26 Å². The Bertz CT molecular complexity index is 854. The van der Waals surface area contributed by atoms with Crippen molar-refractivity contribution in [1.82, 2.24) is 4.98 Å². The van der Waals surface area contributed by atoms with Gasteiger partial charge in [-0.25, -0.2) is 4.98 Å². The molecule has 0 spiro atoms. The first-order chi connectivity index (χ1) is 10.2. The number of hydrogen-bond donors (Lipinski definition) is 1. The topological polar surface area (TPSA) is 57.9 Å². The standard InChI is InChI=1S/C15H10ClN3OS/c1-20-11-4-5-13-14(7-11)21-15(19-13)18-10-3-2-9(8-17)12(16)6-10/h2-7H,1H3,(H,18,19). The van der Waals surface area contributed by atoms with E-state index in [4.69, 9.17) is 21.6 Å². The molecule has 104 valence electrons. The Kier molecular flexibility index (Phi) is 3.65. The van der Waals surface area contributed by atoms with Crippen LogP contribution in [0.2, 0.25) is 5.02 Å². The van der Waals surface area contributed by atoms with Crippen molar-refractivity contribution in [3.63, 3.8) is 0 Å². The van der Waals surface area contributed by atoms with Crippen molar-refractivity contribution >= 4 is 44.0 Å². The van der Waals surface area contributed by atoms with Crippen molar-refractivity contribution in [3.8, 4) is 11.8 Å². The van der Waals surface area contributed by atoms with Crippen LogP contribution in [-0.2, 0) is 0 Å². The number of nitriles is 1. The van der Waals surface area contributed by atoms with E-state index in [2.05, 4.69) is 10.3 Å². The lowest BCUT2D eigenvalue weighted by Gasteiger charge is -2.03. The summed E-state index contributed by atoms with van der Waals surface area (Å²) in [5, 5.41) is 13.2. The third-order valence-corrected chi connectivity index (χ3v) is 4.18. The summed E-state index contributed by atoms with van der Waals surface area (Å²) in [5.41, 5.74) is 2.16. The zero-order valence-corrected chi connectivity index (χ0v) is 12.6. The number of methoxy groups -OCH3 is 1. The highest BCUT2D eigenvalue weighted by Crippen LogP contribution is 2.31. The molecule has 0 aliphatic carbocycles. The van der Waals surface area contributed by atoms with Gasteiger partial charge in [-0.3, -0.25) is 0 Å². The first-order valence-corrected chi connectivity index (χ1v) is 7.30. The quantitative estimate of drug-likeness (QED) is 0.769. The molecule has 0 fully saturated rings. The third kappa shape index (κ3) is 2.77. The Hall–Kier alpha value is -2.29. The molecule has 0 saturated carbocycles. The van der Waals surface area contributed by atoms with Gasteiger partial charge in [-0.1, -0.05) is 22.9 Å². The highest BCUT2D eigenvalue weighted by atomic mass is 35.5. The molecule has 0 unspecified atom stereocenters. The Morgan fingerprint density at radius 3 is 2.86 bits per heavy atom. The van der Waals surface area contributed by atoms with Crippen LogP contribution >= 0.6 is 22.9 Å². The van der Waals surface area contributed by atoms with E-state index in [0.29, 0.717) is 10.6 Å². The van der Waals surface area contributed by atoms with Gasteiger partial charge in [0.15, 0.2) is 5.13 Å². The van der Waals surface area contributed by atoms with Crippen LogP contribution in [-0.4, -0.2) is 12.1 Å².